The summed E-state index contributed by atoms with van der Waals surface area (Å²) in [4.78, 5) is 29.8. The Morgan fingerprint density at radius 3 is 2.48 bits per heavy atom. The maximum absolute atomic E-state index is 13.0. The first kappa shape index (κ1) is 19.2. The number of carbonyl (C=O) groups excluding carboxylic acids is 2. The topological polar surface area (TPSA) is 52.7 Å². The van der Waals surface area contributed by atoms with Crippen molar-refractivity contribution < 1.29 is 9.59 Å². The summed E-state index contributed by atoms with van der Waals surface area (Å²) in [7, 11) is 0. The lowest BCUT2D eigenvalue weighted by Crippen LogP contribution is -2.49. The van der Waals surface area contributed by atoms with Crippen LogP contribution in [0, 0.1) is 0 Å². The van der Waals surface area contributed by atoms with Crippen LogP contribution in [0.3, 0.4) is 0 Å². The molecule has 1 saturated heterocycles. The van der Waals surface area contributed by atoms with Crippen molar-refractivity contribution in [3.8, 4) is 0 Å². The van der Waals surface area contributed by atoms with Crippen molar-refractivity contribution in [3.05, 3.63) is 82.6 Å². The highest BCUT2D eigenvalue weighted by atomic mass is 32.1. The van der Waals surface area contributed by atoms with Gasteiger partial charge in [-0.05, 0) is 47.7 Å². The van der Waals surface area contributed by atoms with Gasteiger partial charge < -0.3 is 10.2 Å². The van der Waals surface area contributed by atoms with E-state index in [1.807, 2.05) is 81.9 Å². The van der Waals surface area contributed by atoms with Gasteiger partial charge in [-0.3, -0.25) is 9.69 Å². The van der Waals surface area contributed by atoms with Crippen LogP contribution in [0.15, 0.2) is 72.1 Å². The summed E-state index contributed by atoms with van der Waals surface area (Å²) in [6, 6.07) is 21.5. The van der Waals surface area contributed by atoms with E-state index < -0.39 is 0 Å². The van der Waals surface area contributed by atoms with Crippen LogP contribution >= 0.6 is 11.3 Å². The number of thiophene rings is 1. The molecule has 1 aliphatic rings. The molecule has 0 unspecified atom stereocenters. The molecule has 3 amide bonds. The summed E-state index contributed by atoms with van der Waals surface area (Å²) in [5.41, 5.74) is 2.72. The Bertz CT molecular complexity index is 956. The minimum absolute atomic E-state index is 0.0228. The second-order valence-electron chi connectivity index (χ2n) is 7.05. The Labute approximate surface area is 174 Å². The van der Waals surface area contributed by atoms with Crippen molar-refractivity contribution in [1.82, 2.24) is 4.90 Å². The van der Waals surface area contributed by atoms with Gasteiger partial charge in [0.25, 0.3) is 0 Å². The SMILES string of the molecule is O=C(Cc1cccs1)Nc1ccc(N2CCCN(Cc3ccccc3)C2=O)cc1. The van der Waals surface area contributed by atoms with Crippen LogP contribution < -0.4 is 10.2 Å². The van der Waals surface area contributed by atoms with Gasteiger partial charge in [0.1, 0.15) is 0 Å². The summed E-state index contributed by atoms with van der Waals surface area (Å²) < 4.78 is 0. The zero-order chi connectivity index (χ0) is 20.1. The highest BCUT2D eigenvalue weighted by Gasteiger charge is 2.26. The van der Waals surface area contributed by atoms with Gasteiger partial charge in [0, 0.05) is 35.9 Å². The van der Waals surface area contributed by atoms with Crippen LogP contribution in [0.5, 0.6) is 0 Å². The maximum Gasteiger partial charge on any atom is 0.324 e. The van der Waals surface area contributed by atoms with E-state index in [0.29, 0.717) is 19.5 Å². The molecule has 0 bridgehead atoms. The second-order valence-corrected chi connectivity index (χ2v) is 8.08. The zero-order valence-electron chi connectivity index (χ0n) is 16.1. The van der Waals surface area contributed by atoms with E-state index in [-0.39, 0.29) is 11.9 Å². The lowest BCUT2D eigenvalue weighted by atomic mass is 10.1. The minimum atomic E-state index is -0.0386. The molecule has 2 aromatic carbocycles. The molecular weight excluding hydrogens is 382 g/mol. The Morgan fingerprint density at radius 1 is 0.966 bits per heavy atom. The fourth-order valence-electron chi connectivity index (χ4n) is 3.47. The molecule has 0 saturated carbocycles. The highest BCUT2D eigenvalue weighted by molar-refractivity contribution is 7.10. The molecule has 0 atom stereocenters. The molecule has 1 fully saturated rings. The van der Waals surface area contributed by atoms with Crippen LogP contribution in [0.25, 0.3) is 0 Å². The number of hydrogen-bond donors (Lipinski definition) is 1. The average molecular weight is 406 g/mol. The molecule has 0 spiro atoms. The maximum atomic E-state index is 13.0. The van der Waals surface area contributed by atoms with Crippen molar-refractivity contribution in [2.75, 3.05) is 23.3 Å². The largest absolute Gasteiger partial charge is 0.326 e. The minimum Gasteiger partial charge on any atom is -0.326 e. The molecule has 4 rings (SSSR count). The molecule has 1 aliphatic heterocycles. The quantitative estimate of drug-likeness (QED) is 0.643. The van der Waals surface area contributed by atoms with E-state index in [2.05, 4.69) is 5.32 Å². The summed E-state index contributed by atoms with van der Waals surface area (Å²) in [5, 5.41) is 4.88. The molecule has 2 heterocycles. The lowest BCUT2D eigenvalue weighted by Gasteiger charge is -2.35. The van der Waals surface area contributed by atoms with Crippen LogP contribution in [0.2, 0.25) is 0 Å². The summed E-state index contributed by atoms with van der Waals surface area (Å²) in [6.07, 6.45) is 1.30. The third-order valence-electron chi connectivity index (χ3n) is 4.91. The monoisotopic (exact) mass is 405 g/mol. The predicted octanol–water partition coefficient (Wildman–Crippen LogP) is 4.76. The van der Waals surface area contributed by atoms with Crippen LogP contribution in [-0.2, 0) is 17.8 Å². The number of hydrogen-bond acceptors (Lipinski definition) is 3. The van der Waals surface area contributed by atoms with Gasteiger partial charge in [-0.2, -0.15) is 0 Å². The van der Waals surface area contributed by atoms with Crippen LogP contribution in [0.4, 0.5) is 16.2 Å². The van der Waals surface area contributed by atoms with Gasteiger partial charge >= 0.3 is 6.03 Å². The number of benzene rings is 2. The second kappa shape index (κ2) is 8.92. The number of anilines is 2. The molecular formula is C23H23N3O2S. The van der Waals surface area contributed by atoms with Crippen molar-refractivity contribution in [2.24, 2.45) is 0 Å². The number of urea groups is 1. The zero-order valence-corrected chi connectivity index (χ0v) is 16.9. The van der Waals surface area contributed by atoms with Gasteiger partial charge in [-0.15, -0.1) is 11.3 Å². The van der Waals surface area contributed by atoms with Gasteiger partial charge in [0.15, 0.2) is 0 Å². The van der Waals surface area contributed by atoms with E-state index in [1.165, 1.54) is 0 Å². The first-order valence-electron chi connectivity index (χ1n) is 9.72. The summed E-state index contributed by atoms with van der Waals surface area (Å²) in [6.45, 7) is 2.09. The van der Waals surface area contributed by atoms with Gasteiger partial charge in [-0.1, -0.05) is 36.4 Å². The number of rotatable bonds is 6. The third kappa shape index (κ3) is 4.84. The van der Waals surface area contributed by atoms with Crippen LogP contribution in [-0.4, -0.2) is 29.9 Å². The van der Waals surface area contributed by atoms with E-state index in [1.54, 1.807) is 11.3 Å². The molecule has 0 radical (unpaired) electrons. The first-order valence-corrected chi connectivity index (χ1v) is 10.6. The number of carbonyl (C=O) groups is 2. The summed E-state index contributed by atoms with van der Waals surface area (Å²) in [5.74, 6) is -0.0386. The van der Waals surface area contributed by atoms with Crippen molar-refractivity contribution in [1.29, 1.82) is 0 Å². The molecule has 148 valence electrons. The molecule has 3 aromatic rings. The van der Waals surface area contributed by atoms with Gasteiger partial charge in [0.2, 0.25) is 5.91 Å². The van der Waals surface area contributed by atoms with Gasteiger partial charge in [-0.25, -0.2) is 4.79 Å². The smallest absolute Gasteiger partial charge is 0.324 e. The third-order valence-corrected chi connectivity index (χ3v) is 5.78. The molecule has 29 heavy (non-hydrogen) atoms. The average Bonchev–Trinajstić information content (AvgIpc) is 3.24. The lowest BCUT2D eigenvalue weighted by molar-refractivity contribution is -0.115. The number of nitrogens with one attached hydrogen (secondary N) is 1. The van der Waals surface area contributed by atoms with E-state index in [4.69, 9.17) is 0 Å². The number of amides is 3. The van der Waals surface area contributed by atoms with E-state index >= 15 is 0 Å². The van der Waals surface area contributed by atoms with Crippen molar-refractivity contribution in [2.45, 2.75) is 19.4 Å². The molecule has 1 aromatic heterocycles. The van der Waals surface area contributed by atoms with E-state index in [0.717, 1.165) is 34.8 Å². The predicted molar refractivity (Wildman–Crippen MR) is 117 cm³/mol. The standard InChI is InChI=1S/C23H23N3O2S/c27-22(16-21-8-4-15-29-21)24-19-9-11-20(12-10-19)26-14-5-13-25(23(26)28)17-18-6-2-1-3-7-18/h1-4,6-12,15H,5,13-14,16-17H2,(H,24,27). The first-order chi connectivity index (χ1) is 14.2. The Kier molecular flexibility index (Phi) is 5.91. The molecule has 5 nitrogen and oxygen atoms in total. The number of nitrogens with zero attached hydrogens (tertiary/aromatic N) is 2. The Morgan fingerprint density at radius 2 is 1.76 bits per heavy atom. The van der Waals surface area contributed by atoms with Crippen LogP contribution in [0.1, 0.15) is 16.9 Å². The molecule has 1 N–H and O–H groups in total. The van der Waals surface area contributed by atoms with Gasteiger partial charge in [0.05, 0.1) is 6.42 Å². The normalized spacial score (nSPS) is 14.1. The molecule has 6 heteroatoms. The summed E-state index contributed by atoms with van der Waals surface area (Å²) >= 11 is 1.57. The van der Waals surface area contributed by atoms with Crippen molar-refractivity contribution >= 4 is 34.6 Å². The molecule has 0 aliphatic carbocycles. The highest BCUT2D eigenvalue weighted by Crippen LogP contribution is 2.23. The van der Waals surface area contributed by atoms with E-state index in [9.17, 15) is 9.59 Å². The fraction of sp³-hybridized carbons (Fsp3) is 0.217. The fourth-order valence-corrected chi connectivity index (χ4v) is 4.18. The Hall–Kier alpha value is -3.12. The van der Waals surface area contributed by atoms with Crippen molar-refractivity contribution in [3.63, 3.8) is 0 Å². The Balaban J connectivity index is 1.38.